The second-order valence-corrected chi connectivity index (χ2v) is 9.24. The van der Waals surface area contributed by atoms with Gasteiger partial charge in [0.15, 0.2) is 5.82 Å². The van der Waals surface area contributed by atoms with E-state index >= 15 is 0 Å². The molecule has 1 fully saturated rings. The van der Waals surface area contributed by atoms with Crippen molar-refractivity contribution in [2.75, 3.05) is 30.8 Å². The number of aromatic nitrogens is 1. The van der Waals surface area contributed by atoms with E-state index in [9.17, 15) is 4.79 Å². The molecule has 0 bridgehead atoms. The third-order valence-electron chi connectivity index (χ3n) is 5.74. The topological polar surface area (TPSA) is 78.8 Å². The van der Waals surface area contributed by atoms with Gasteiger partial charge in [-0.25, -0.2) is 4.98 Å². The average molecular weight is 422 g/mol. The van der Waals surface area contributed by atoms with E-state index in [0.29, 0.717) is 25.9 Å². The molecule has 0 saturated carbocycles. The van der Waals surface area contributed by atoms with Crippen molar-refractivity contribution in [3.05, 3.63) is 48.2 Å². The highest BCUT2D eigenvalue weighted by Gasteiger charge is 2.47. The molecule has 1 amide bonds. The summed E-state index contributed by atoms with van der Waals surface area (Å²) < 4.78 is 5.42. The summed E-state index contributed by atoms with van der Waals surface area (Å²) in [5, 5.41) is 7.09. The Morgan fingerprint density at radius 2 is 2.06 bits per heavy atom. The summed E-state index contributed by atoms with van der Waals surface area (Å²) in [6.45, 7) is 7.50. The number of carbonyl (C=O) groups is 1. The van der Waals surface area contributed by atoms with Crippen molar-refractivity contribution in [2.45, 2.75) is 51.1 Å². The van der Waals surface area contributed by atoms with Gasteiger partial charge < -0.3 is 20.3 Å². The molecule has 1 aromatic carbocycles. The summed E-state index contributed by atoms with van der Waals surface area (Å²) in [5.74, 6) is 2.61. The number of ether oxygens (including phenoxy) is 1. The number of aryl methyl sites for hydroxylation is 1. The fraction of sp³-hybridized carbons (Fsp3) is 0.458. The van der Waals surface area contributed by atoms with Crippen molar-refractivity contribution in [3.8, 4) is 5.75 Å². The van der Waals surface area contributed by atoms with Gasteiger partial charge in [-0.15, -0.1) is 0 Å². The number of rotatable bonds is 4. The smallest absolute Gasteiger partial charge is 0.222 e. The Bertz CT molecular complexity index is 997. The summed E-state index contributed by atoms with van der Waals surface area (Å²) >= 11 is 0. The molecule has 0 radical (unpaired) electrons. The van der Waals surface area contributed by atoms with Gasteiger partial charge in [-0.2, -0.15) is 0 Å². The molecule has 2 aliphatic rings. The van der Waals surface area contributed by atoms with Gasteiger partial charge in [0.1, 0.15) is 17.1 Å². The molecule has 3 heterocycles. The molecule has 1 spiro atoms. The zero-order chi connectivity index (χ0) is 22.1. The molecular formula is C24H31N5O2. The zero-order valence-corrected chi connectivity index (χ0v) is 18.7. The predicted molar refractivity (Wildman–Crippen MR) is 124 cm³/mol. The third kappa shape index (κ3) is 4.50. The SMILES string of the molecule is COc1ccccc1CCC(=O)N1CCC2(C1)Nc1cccnc1NC2=NC(C)(C)C. The number of para-hydroxylation sites is 1. The molecular weight excluding hydrogens is 390 g/mol. The van der Waals surface area contributed by atoms with Crippen LogP contribution in [0.2, 0.25) is 0 Å². The van der Waals surface area contributed by atoms with Crippen molar-refractivity contribution in [1.29, 1.82) is 0 Å². The molecule has 4 rings (SSSR count). The van der Waals surface area contributed by atoms with Gasteiger partial charge in [0.2, 0.25) is 5.91 Å². The Labute approximate surface area is 183 Å². The van der Waals surface area contributed by atoms with Crippen molar-refractivity contribution in [3.63, 3.8) is 0 Å². The van der Waals surface area contributed by atoms with E-state index in [-0.39, 0.29) is 11.4 Å². The second-order valence-electron chi connectivity index (χ2n) is 9.24. The van der Waals surface area contributed by atoms with Crippen LogP contribution in [0.25, 0.3) is 0 Å². The van der Waals surface area contributed by atoms with E-state index in [1.165, 1.54) is 0 Å². The van der Waals surface area contributed by atoms with Crippen LogP contribution in [0.4, 0.5) is 11.5 Å². The molecule has 164 valence electrons. The normalized spacial score (nSPS) is 21.5. The summed E-state index contributed by atoms with van der Waals surface area (Å²) in [4.78, 5) is 24.4. The van der Waals surface area contributed by atoms with E-state index in [1.54, 1.807) is 13.3 Å². The lowest BCUT2D eigenvalue weighted by molar-refractivity contribution is -0.130. The standard InChI is InChI=1S/C24H31N5O2/c1-23(2,3)28-22-24(27-18-9-7-14-25-21(18)26-22)13-15-29(16-24)20(30)12-11-17-8-5-6-10-19(17)31-4/h5-10,14,27H,11-13,15-16H2,1-4H3,(H,25,26,28). The van der Waals surface area contributed by atoms with E-state index in [2.05, 4.69) is 36.4 Å². The van der Waals surface area contributed by atoms with Crippen LogP contribution in [-0.4, -0.2) is 52.9 Å². The van der Waals surface area contributed by atoms with Crippen molar-refractivity contribution in [2.24, 2.45) is 4.99 Å². The molecule has 1 saturated heterocycles. The maximum Gasteiger partial charge on any atom is 0.222 e. The Hall–Kier alpha value is -3.09. The maximum absolute atomic E-state index is 13.1. The molecule has 7 heteroatoms. The number of methoxy groups -OCH3 is 1. The van der Waals surface area contributed by atoms with E-state index in [0.717, 1.165) is 35.1 Å². The van der Waals surface area contributed by atoms with Crippen LogP contribution in [0.5, 0.6) is 5.75 Å². The first-order chi connectivity index (χ1) is 14.8. The minimum atomic E-state index is -0.427. The van der Waals surface area contributed by atoms with Crippen LogP contribution >= 0.6 is 0 Å². The van der Waals surface area contributed by atoms with Crippen molar-refractivity contribution in [1.82, 2.24) is 9.88 Å². The van der Waals surface area contributed by atoms with Gasteiger partial charge >= 0.3 is 0 Å². The number of carbonyl (C=O) groups excluding carboxylic acids is 1. The minimum Gasteiger partial charge on any atom is -0.496 e. The van der Waals surface area contributed by atoms with Crippen molar-refractivity contribution < 1.29 is 9.53 Å². The number of anilines is 2. The van der Waals surface area contributed by atoms with Gasteiger partial charge in [-0.3, -0.25) is 9.79 Å². The first-order valence-electron chi connectivity index (χ1n) is 10.8. The minimum absolute atomic E-state index is 0.150. The van der Waals surface area contributed by atoms with Gasteiger partial charge in [0.05, 0.1) is 24.9 Å². The summed E-state index contributed by atoms with van der Waals surface area (Å²) in [6, 6.07) is 11.8. The number of fused-ring (bicyclic) bond motifs is 1. The molecule has 2 aromatic rings. The Morgan fingerprint density at radius 3 is 2.84 bits per heavy atom. The molecule has 1 aromatic heterocycles. The number of amidine groups is 1. The van der Waals surface area contributed by atoms with Crippen LogP contribution in [0.3, 0.4) is 0 Å². The summed E-state index contributed by atoms with van der Waals surface area (Å²) in [7, 11) is 1.66. The molecule has 31 heavy (non-hydrogen) atoms. The Kier molecular flexibility index (Phi) is 5.60. The number of nitrogens with one attached hydrogen (secondary N) is 2. The van der Waals surface area contributed by atoms with Crippen LogP contribution in [0, 0.1) is 0 Å². The third-order valence-corrected chi connectivity index (χ3v) is 5.74. The number of hydrogen-bond donors (Lipinski definition) is 2. The first-order valence-corrected chi connectivity index (χ1v) is 10.8. The molecule has 7 nitrogen and oxygen atoms in total. The summed E-state index contributed by atoms with van der Waals surface area (Å²) in [6.07, 6.45) is 3.67. The van der Waals surface area contributed by atoms with Crippen LogP contribution in [0.15, 0.2) is 47.6 Å². The highest BCUT2D eigenvalue weighted by molar-refractivity contribution is 6.09. The fourth-order valence-corrected chi connectivity index (χ4v) is 4.25. The number of benzene rings is 1. The quantitative estimate of drug-likeness (QED) is 0.787. The Morgan fingerprint density at radius 1 is 1.26 bits per heavy atom. The van der Waals surface area contributed by atoms with Crippen LogP contribution < -0.4 is 15.4 Å². The predicted octanol–water partition coefficient (Wildman–Crippen LogP) is 3.73. The van der Waals surface area contributed by atoms with Crippen molar-refractivity contribution >= 4 is 23.2 Å². The number of hydrogen-bond acceptors (Lipinski definition) is 5. The number of amides is 1. The highest BCUT2D eigenvalue weighted by atomic mass is 16.5. The van der Waals surface area contributed by atoms with Crippen LogP contribution in [0.1, 0.15) is 39.2 Å². The van der Waals surface area contributed by atoms with Gasteiger partial charge in [-0.05, 0) is 57.4 Å². The molecule has 0 aliphatic carbocycles. The fourth-order valence-electron chi connectivity index (χ4n) is 4.25. The number of aliphatic imine (C=N–C) groups is 1. The first kappa shape index (κ1) is 21.2. The largest absolute Gasteiger partial charge is 0.496 e. The molecule has 2 aliphatic heterocycles. The number of pyridine rings is 1. The molecule has 1 atom stereocenters. The second kappa shape index (κ2) is 8.21. The van der Waals surface area contributed by atoms with Gasteiger partial charge in [0.25, 0.3) is 0 Å². The lowest BCUT2D eigenvalue weighted by atomic mass is 9.93. The molecule has 2 N–H and O–H groups in total. The van der Waals surface area contributed by atoms with E-state index < -0.39 is 5.54 Å². The lowest BCUT2D eigenvalue weighted by Crippen LogP contribution is -2.55. The highest BCUT2D eigenvalue weighted by Crippen LogP contribution is 2.36. The molecule has 1 unspecified atom stereocenters. The monoisotopic (exact) mass is 421 g/mol. The van der Waals surface area contributed by atoms with Crippen LogP contribution in [-0.2, 0) is 11.2 Å². The van der Waals surface area contributed by atoms with E-state index in [4.69, 9.17) is 9.73 Å². The number of nitrogens with zero attached hydrogens (tertiary/aromatic N) is 3. The zero-order valence-electron chi connectivity index (χ0n) is 18.7. The maximum atomic E-state index is 13.1. The van der Waals surface area contributed by atoms with Gasteiger partial charge in [0, 0.05) is 19.2 Å². The number of likely N-dealkylation sites (tertiary alicyclic amines) is 1. The average Bonchev–Trinajstić information content (AvgIpc) is 3.16. The van der Waals surface area contributed by atoms with Gasteiger partial charge in [-0.1, -0.05) is 18.2 Å². The summed E-state index contributed by atoms with van der Waals surface area (Å²) in [5.41, 5.74) is 1.33. The van der Waals surface area contributed by atoms with E-state index in [1.807, 2.05) is 41.3 Å². The Balaban J connectivity index is 1.52. The lowest BCUT2D eigenvalue weighted by Gasteiger charge is -2.39.